The molecule has 0 aliphatic rings. The summed E-state index contributed by atoms with van der Waals surface area (Å²) >= 11 is 0. The molecule has 1 heterocycles. The van der Waals surface area contributed by atoms with Crippen molar-refractivity contribution in [3.63, 3.8) is 0 Å². The number of nitrogens with zero attached hydrogens (tertiary/aromatic N) is 1. The van der Waals surface area contributed by atoms with E-state index in [1.807, 2.05) is 13.8 Å². The second kappa shape index (κ2) is 4.09. The summed E-state index contributed by atoms with van der Waals surface area (Å²) in [5.74, 6) is -0.342. The third-order valence-corrected chi connectivity index (χ3v) is 2.06. The fraction of sp³-hybridized carbons (Fsp3) is 0.400. The van der Waals surface area contributed by atoms with Gasteiger partial charge in [-0.05, 0) is 17.5 Å². The van der Waals surface area contributed by atoms with E-state index in [0.29, 0.717) is 5.82 Å². The second-order valence-corrected chi connectivity index (χ2v) is 3.33. The predicted octanol–water partition coefficient (Wildman–Crippen LogP) is 1.94. The normalized spacial score (nSPS) is 10.3. The maximum absolute atomic E-state index is 11.0. The van der Waals surface area contributed by atoms with E-state index in [4.69, 9.17) is 5.11 Å². The number of carbonyl (C=O) groups is 1. The van der Waals surface area contributed by atoms with Gasteiger partial charge in [-0.3, -0.25) is 0 Å². The molecule has 0 saturated carbocycles. The lowest BCUT2D eigenvalue weighted by Crippen LogP contribution is -2.09. The lowest BCUT2D eigenvalue weighted by atomic mass is 9.98. The van der Waals surface area contributed by atoms with Crippen LogP contribution in [0.15, 0.2) is 12.3 Å². The van der Waals surface area contributed by atoms with Crippen LogP contribution in [0.5, 0.6) is 0 Å². The zero-order valence-corrected chi connectivity index (χ0v) is 8.53. The fourth-order valence-corrected chi connectivity index (χ4v) is 1.37. The highest BCUT2D eigenvalue weighted by atomic mass is 16.4. The SMILES string of the molecule is CNc1nccc(C(C)C)c1C(=O)O. The van der Waals surface area contributed by atoms with Gasteiger partial charge in [-0.25, -0.2) is 9.78 Å². The van der Waals surface area contributed by atoms with Crippen molar-refractivity contribution in [2.24, 2.45) is 0 Å². The summed E-state index contributed by atoms with van der Waals surface area (Å²) in [5.41, 5.74) is 1.07. The molecule has 0 aliphatic heterocycles. The van der Waals surface area contributed by atoms with E-state index in [9.17, 15) is 4.79 Å². The van der Waals surface area contributed by atoms with Crippen molar-refractivity contribution < 1.29 is 9.90 Å². The van der Waals surface area contributed by atoms with E-state index in [0.717, 1.165) is 5.56 Å². The minimum atomic E-state index is -0.939. The molecule has 0 aromatic carbocycles. The molecule has 1 aromatic rings. The monoisotopic (exact) mass is 194 g/mol. The van der Waals surface area contributed by atoms with Crippen molar-refractivity contribution in [3.8, 4) is 0 Å². The van der Waals surface area contributed by atoms with Crippen LogP contribution in [0, 0.1) is 0 Å². The molecule has 0 fully saturated rings. The van der Waals surface area contributed by atoms with Gasteiger partial charge < -0.3 is 10.4 Å². The highest BCUT2D eigenvalue weighted by molar-refractivity contribution is 5.95. The van der Waals surface area contributed by atoms with Gasteiger partial charge in [0.05, 0.1) is 0 Å². The van der Waals surface area contributed by atoms with Gasteiger partial charge in [-0.15, -0.1) is 0 Å². The number of carboxylic acids is 1. The van der Waals surface area contributed by atoms with Crippen LogP contribution in [0.2, 0.25) is 0 Å². The number of aromatic nitrogens is 1. The Labute approximate surface area is 83.0 Å². The molecule has 0 spiro atoms. The van der Waals surface area contributed by atoms with Crippen LogP contribution < -0.4 is 5.32 Å². The van der Waals surface area contributed by atoms with Crippen LogP contribution in [0.4, 0.5) is 5.82 Å². The molecule has 4 heteroatoms. The number of anilines is 1. The molecule has 1 rings (SSSR count). The zero-order valence-electron chi connectivity index (χ0n) is 8.53. The molecule has 0 amide bonds. The zero-order chi connectivity index (χ0) is 10.7. The van der Waals surface area contributed by atoms with Crippen LogP contribution in [0.1, 0.15) is 35.7 Å². The maximum atomic E-state index is 11.0. The van der Waals surface area contributed by atoms with Crippen molar-refractivity contribution in [1.82, 2.24) is 4.98 Å². The van der Waals surface area contributed by atoms with Gasteiger partial charge in [-0.1, -0.05) is 13.8 Å². The molecule has 4 nitrogen and oxygen atoms in total. The quantitative estimate of drug-likeness (QED) is 0.772. The summed E-state index contributed by atoms with van der Waals surface area (Å²) in [6, 6.07) is 1.74. The third-order valence-electron chi connectivity index (χ3n) is 2.06. The summed E-state index contributed by atoms with van der Waals surface area (Å²) in [6.45, 7) is 3.92. The first kappa shape index (κ1) is 10.5. The molecule has 0 atom stereocenters. The Kier molecular flexibility index (Phi) is 3.06. The van der Waals surface area contributed by atoms with Gasteiger partial charge in [0.2, 0.25) is 0 Å². The molecule has 14 heavy (non-hydrogen) atoms. The Hall–Kier alpha value is -1.58. The van der Waals surface area contributed by atoms with Gasteiger partial charge in [0.1, 0.15) is 11.4 Å². The number of nitrogens with one attached hydrogen (secondary N) is 1. The number of rotatable bonds is 3. The first-order valence-electron chi connectivity index (χ1n) is 4.47. The summed E-state index contributed by atoms with van der Waals surface area (Å²) < 4.78 is 0. The summed E-state index contributed by atoms with van der Waals surface area (Å²) in [4.78, 5) is 15.0. The van der Waals surface area contributed by atoms with Crippen LogP contribution in [-0.2, 0) is 0 Å². The van der Waals surface area contributed by atoms with Gasteiger partial charge >= 0.3 is 5.97 Å². The maximum Gasteiger partial charge on any atom is 0.339 e. The van der Waals surface area contributed by atoms with Crippen molar-refractivity contribution >= 4 is 11.8 Å². The molecule has 0 aliphatic carbocycles. The van der Waals surface area contributed by atoms with Crippen molar-refractivity contribution in [1.29, 1.82) is 0 Å². The lowest BCUT2D eigenvalue weighted by Gasteiger charge is -2.12. The number of carboxylic acid groups (broad SMARTS) is 1. The van der Waals surface area contributed by atoms with Crippen molar-refractivity contribution in [2.75, 3.05) is 12.4 Å². The van der Waals surface area contributed by atoms with Crippen LogP contribution in [0.25, 0.3) is 0 Å². The highest BCUT2D eigenvalue weighted by Crippen LogP contribution is 2.23. The van der Waals surface area contributed by atoms with E-state index < -0.39 is 5.97 Å². The third kappa shape index (κ3) is 1.84. The summed E-state index contributed by atoms with van der Waals surface area (Å²) in [6.07, 6.45) is 1.62. The Bertz CT molecular complexity index is 348. The van der Waals surface area contributed by atoms with E-state index in [1.54, 1.807) is 19.3 Å². The average Bonchev–Trinajstić information content (AvgIpc) is 2.16. The van der Waals surface area contributed by atoms with Crippen LogP contribution >= 0.6 is 0 Å². The second-order valence-electron chi connectivity index (χ2n) is 3.33. The summed E-state index contributed by atoms with van der Waals surface area (Å²) in [5, 5.41) is 11.8. The van der Waals surface area contributed by atoms with Gasteiger partial charge in [-0.2, -0.15) is 0 Å². The number of hydrogen-bond acceptors (Lipinski definition) is 3. The first-order chi connectivity index (χ1) is 6.57. The number of pyridine rings is 1. The van der Waals surface area contributed by atoms with E-state index in [2.05, 4.69) is 10.3 Å². The molecule has 0 unspecified atom stereocenters. The standard InChI is InChI=1S/C10H14N2O2/c1-6(2)7-4-5-12-9(11-3)8(7)10(13)14/h4-6H,1-3H3,(H,11,12)(H,13,14). The van der Waals surface area contributed by atoms with Gasteiger partial charge in [0.15, 0.2) is 0 Å². The molecule has 2 N–H and O–H groups in total. The minimum Gasteiger partial charge on any atom is -0.478 e. The van der Waals surface area contributed by atoms with E-state index in [1.165, 1.54) is 0 Å². The topological polar surface area (TPSA) is 62.2 Å². The highest BCUT2D eigenvalue weighted by Gasteiger charge is 2.17. The Morgan fingerprint density at radius 2 is 2.21 bits per heavy atom. The average molecular weight is 194 g/mol. The van der Waals surface area contributed by atoms with Crippen LogP contribution in [-0.4, -0.2) is 23.1 Å². The summed E-state index contributed by atoms with van der Waals surface area (Å²) in [7, 11) is 1.67. The Balaban J connectivity index is 3.35. The molecular formula is C10H14N2O2. The smallest absolute Gasteiger partial charge is 0.339 e. The largest absolute Gasteiger partial charge is 0.478 e. The van der Waals surface area contributed by atoms with E-state index >= 15 is 0 Å². The van der Waals surface area contributed by atoms with Crippen molar-refractivity contribution in [2.45, 2.75) is 19.8 Å². The Morgan fingerprint density at radius 3 is 2.64 bits per heavy atom. The lowest BCUT2D eigenvalue weighted by molar-refractivity contribution is 0.0696. The minimum absolute atomic E-state index is 0.177. The molecule has 0 saturated heterocycles. The number of aromatic carboxylic acids is 1. The molecule has 0 bridgehead atoms. The predicted molar refractivity (Wildman–Crippen MR) is 54.8 cm³/mol. The van der Waals surface area contributed by atoms with Gasteiger partial charge in [0.25, 0.3) is 0 Å². The van der Waals surface area contributed by atoms with Gasteiger partial charge in [0, 0.05) is 13.2 Å². The molecule has 76 valence electrons. The fourth-order valence-electron chi connectivity index (χ4n) is 1.37. The van der Waals surface area contributed by atoms with Crippen LogP contribution in [0.3, 0.4) is 0 Å². The van der Waals surface area contributed by atoms with Crippen molar-refractivity contribution in [3.05, 3.63) is 23.4 Å². The Morgan fingerprint density at radius 1 is 1.57 bits per heavy atom. The molecule has 1 aromatic heterocycles. The van der Waals surface area contributed by atoms with E-state index in [-0.39, 0.29) is 11.5 Å². The molecule has 0 radical (unpaired) electrons. The first-order valence-corrected chi connectivity index (χ1v) is 4.47. The molecular weight excluding hydrogens is 180 g/mol. The number of hydrogen-bond donors (Lipinski definition) is 2.